The molecule has 162 valence electrons. The summed E-state index contributed by atoms with van der Waals surface area (Å²) in [5.74, 6) is 1.58. The van der Waals surface area contributed by atoms with Gasteiger partial charge >= 0.3 is 0 Å². The minimum atomic E-state index is -0.0975. The van der Waals surface area contributed by atoms with Gasteiger partial charge in [0.05, 0.1) is 11.1 Å². The third-order valence-electron chi connectivity index (χ3n) is 5.74. The number of benzene rings is 3. The Bertz CT molecular complexity index is 1280. The fourth-order valence-electron chi connectivity index (χ4n) is 4.18. The number of hydrogen-bond donors (Lipinski definition) is 0. The van der Waals surface area contributed by atoms with Gasteiger partial charge < -0.3 is 9.47 Å². The summed E-state index contributed by atoms with van der Waals surface area (Å²) in [4.78, 5) is 15.3. The molecule has 0 fully saturated rings. The van der Waals surface area contributed by atoms with Crippen molar-refractivity contribution in [3.63, 3.8) is 0 Å². The van der Waals surface area contributed by atoms with Gasteiger partial charge in [-0.25, -0.2) is 0 Å². The zero-order valence-corrected chi connectivity index (χ0v) is 19.3. The van der Waals surface area contributed by atoms with Crippen LogP contribution in [0, 0.1) is 13.8 Å². The van der Waals surface area contributed by atoms with Crippen LogP contribution in [0.15, 0.2) is 54.3 Å². The topological polar surface area (TPSA) is 38.8 Å². The number of carbonyl (C=O) groups excluding carboxylic acids is 1. The maximum Gasteiger partial charge on any atom is 0.232 e. The van der Waals surface area contributed by atoms with Crippen LogP contribution in [0.1, 0.15) is 38.2 Å². The molecule has 0 bridgehead atoms. The van der Waals surface area contributed by atoms with Gasteiger partial charge in [-0.2, -0.15) is 0 Å². The highest BCUT2D eigenvalue weighted by atomic mass is 35.5. The number of rotatable bonds is 3. The standard InChI is InChI=1S/C26H21Cl2NO3/c1-15-4-3-5-17(8-15)10-23-25(30)24-16(2)9-22-20(26(24)32-23)13-29(14-31-22)12-18-6-7-19(27)11-21(18)28/h3-11H,12-14H2,1-2H3/b23-10-. The third-order valence-corrected chi connectivity index (χ3v) is 6.32. The molecule has 4 nitrogen and oxygen atoms in total. The highest BCUT2D eigenvalue weighted by Gasteiger charge is 2.35. The Morgan fingerprint density at radius 1 is 1.09 bits per heavy atom. The Morgan fingerprint density at radius 3 is 2.72 bits per heavy atom. The monoisotopic (exact) mass is 465 g/mol. The quantitative estimate of drug-likeness (QED) is 0.409. The third kappa shape index (κ3) is 3.90. The first-order chi connectivity index (χ1) is 15.4. The molecule has 5 rings (SSSR count). The van der Waals surface area contributed by atoms with Crippen LogP contribution in [0.2, 0.25) is 10.0 Å². The molecule has 0 unspecified atom stereocenters. The van der Waals surface area contributed by atoms with Crippen LogP contribution >= 0.6 is 23.2 Å². The first kappa shape index (κ1) is 21.1. The van der Waals surface area contributed by atoms with Crippen LogP contribution in [-0.2, 0) is 13.1 Å². The summed E-state index contributed by atoms with van der Waals surface area (Å²) >= 11 is 12.4. The van der Waals surface area contributed by atoms with Gasteiger partial charge in [0.25, 0.3) is 0 Å². The van der Waals surface area contributed by atoms with Gasteiger partial charge in [0.15, 0.2) is 5.76 Å². The van der Waals surface area contributed by atoms with E-state index in [0.29, 0.717) is 46.9 Å². The fraction of sp³-hybridized carbons (Fsp3) is 0.192. The number of halogens is 2. The fourth-order valence-corrected chi connectivity index (χ4v) is 4.65. The van der Waals surface area contributed by atoms with Crippen LogP contribution < -0.4 is 9.47 Å². The van der Waals surface area contributed by atoms with Gasteiger partial charge in [-0.1, -0.05) is 59.1 Å². The Balaban J connectivity index is 1.46. The average molecular weight is 466 g/mol. The average Bonchev–Trinajstić information content (AvgIpc) is 3.07. The van der Waals surface area contributed by atoms with E-state index in [1.54, 1.807) is 12.1 Å². The van der Waals surface area contributed by atoms with E-state index in [9.17, 15) is 4.79 Å². The zero-order chi connectivity index (χ0) is 22.4. The molecule has 0 amide bonds. The van der Waals surface area contributed by atoms with Crippen molar-refractivity contribution in [2.45, 2.75) is 26.9 Å². The molecule has 2 aliphatic heterocycles. The lowest BCUT2D eigenvalue weighted by Crippen LogP contribution is -2.32. The number of fused-ring (bicyclic) bond motifs is 3. The van der Waals surface area contributed by atoms with E-state index in [-0.39, 0.29) is 5.78 Å². The molecule has 2 aliphatic rings. The minimum Gasteiger partial charge on any atom is -0.478 e. The van der Waals surface area contributed by atoms with Crippen molar-refractivity contribution in [3.8, 4) is 11.5 Å². The molecule has 32 heavy (non-hydrogen) atoms. The maximum absolute atomic E-state index is 13.2. The largest absolute Gasteiger partial charge is 0.478 e. The van der Waals surface area contributed by atoms with E-state index in [1.807, 2.05) is 56.3 Å². The summed E-state index contributed by atoms with van der Waals surface area (Å²) in [6.45, 7) is 5.54. The van der Waals surface area contributed by atoms with Crippen molar-refractivity contribution in [1.29, 1.82) is 0 Å². The van der Waals surface area contributed by atoms with Gasteiger partial charge in [-0.15, -0.1) is 0 Å². The van der Waals surface area contributed by atoms with Gasteiger partial charge in [0, 0.05) is 23.1 Å². The number of nitrogens with zero attached hydrogens (tertiary/aromatic N) is 1. The van der Waals surface area contributed by atoms with Crippen LogP contribution in [0.5, 0.6) is 11.5 Å². The van der Waals surface area contributed by atoms with E-state index >= 15 is 0 Å². The van der Waals surface area contributed by atoms with Crippen LogP contribution in [0.25, 0.3) is 6.08 Å². The van der Waals surface area contributed by atoms with E-state index in [0.717, 1.165) is 33.6 Å². The molecular formula is C26H21Cl2NO3. The predicted octanol–water partition coefficient (Wildman–Crippen LogP) is 6.58. The van der Waals surface area contributed by atoms with Crippen LogP contribution in [0.4, 0.5) is 0 Å². The van der Waals surface area contributed by atoms with E-state index in [2.05, 4.69) is 4.90 Å². The first-order valence-corrected chi connectivity index (χ1v) is 11.1. The van der Waals surface area contributed by atoms with Crippen LogP contribution in [0.3, 0.4) is 0 Å². The van der Waals surface area contributed by atoms with Gasteiger partial charge in [0.2, 0.25) is 5.78 Å². The van der Waals surface area contributed by atoms with Crippen molar-refractivity contribution in [3.05, 3.63) is 97.7 Å². The number of ether oxygens (including phenoxy) is 2. The predicted molar refractivity (Wildman–Crippen MR) is 126 cm³/mol. The smallest absolute Gasteiger partial charge is 0.232 e. The van der Waals surface area contributed by atoms with Gasteiger partial charge in [0.1, 0.15) is 18.2 Å². The number of carbonyl (C=O) groups is 1. The summed E-state index contributed by atoms with van der Waals surface area (Å²) in [5.41, 5.74) is 5.36. The molecule has 0 radical (unpaired) electrons. The van der Waals surface area contributed by atoms with Gasteiger partial charge in [-0.3, -0.25) is 9.69 Å². The zero-order valence-electron chi connectivity index (χ0n) is 17.7. The molecule has 2 heterocycles. The highest BCUT2D eigenvalue weighted by Crippen LogP contribution is 2.44. The molecular weight excluding hydrogens is 445 g/mol. The summed E-state index contributed by atoms with van der Waals surface area (Å²) in [6.07, 6.45) is 1.80. The SMILES string of the molecule is Cc1cccc(/C=C2\Oc3c4c(cc(C)c3C2=O)OCN(Cc2ccc(Cl)cc2Cl)C4)c1. The Morgan fingerprint density at radius 2 is 1.94 bits per heavy atom. The lowest BCUT2D eigenvalue weighted by atomic mass is 9.98. The molecule has 3 aromatic carbocycles. The molecule has 0 aromatic heterocycles. The number of allylic oxidation sites excluding steroid dienone is 1. The molecule has 0 N–H and O–H groups in total. The summed E-state index contributed by atoms with van der Waals surface area (Å²) in [6, 6.07) is 15.4. The molecule has 0 spiro atoms. The molecule has 0 saturated carbocycles. The van der Waals surface area contributed by atoms with E-state index < -0.39 is 0 Å². The molecule has 0 aliphatic carbocycles. The molecule has 6 heteroatoms. The highest BCUT2D eigenvalue weighted by molar-refractivity contribution is 6.35. The van der Waals surface area contributed by atoms with Crippen molar-refractivity contribution in [2.24, 2.45) is 0 Å². The van der Waals surface area contributed by atoms with Crippen LogP contribution in [-0.4, -0.2) is 17.4 Å². The second kappa shape index (κ2) is 8.28. The molecule has 3 aromatic rings. The second-order valence-corrected chi connectivity index (χ2v) is 9.07. The summed E-state index contributed by atoms with van der Waals surface area (Å²) < 4.78 is 12.2. The summed E-state index contributed by atoms with van der Waals surface area (Å²) in [7, 11) is 0. The first-order valence-electron chi connectivity index (χ1n) is 10.4. The van der Waals surface area contributed by atoms with Crippen molar-refractivity contribution < 1.29 is 14.3 Å². The number of hydrogen-bond acceptors (Lipinski definition) is 4. The lowest BCUT2D eigenvalue weighted by Gasteiger charge is -2.30. The van der Waals surface area contributed by atoms with Crippen molar-refractivity contribution in [2.75, 3.05) is 6.73 Å². The molecule has 0 atom stereocenters. The van der Waals surface area contributed by atoms with Gasteiger partial charge in [-0.05, 0) is 54.8 Å². The maximum atomic E-state index is 13.2. The van der Waals surface area contributed by atoms with E-state index in [1.165, 1.54) is 0 Å². The van der Waals surface area contributed by atoms with Crippen molar-refractivity contribution in [1.82, 2.24) is 4.90 Å². The van der Waals surface area contributed by atoms with Crippen molar-refractivity contribution >= 4 is 35.1 Å². The Hall–Kier alpha value is -2.79. The number of ketones is 1. The second-order valence-electron chi connectivity index (χ2n) is 8.22. The number of Topliss-reactive ketones (excluding diaryl/α,β-unsaturated/α-hetero) is 1. The van der Waals surface area contributed by atoms with E-state index in [4.69, 9.17) is 32.7 Å². The Kier molecular flexibility index (Phi) is 5.46. The summed E-state index contributed by atoms with van der Waals surface area (Å²) in [5, 5.41) is 1.22. The molecule has 0 saturated heterocycles. The number of aryl methyl sites for hydroxylation is 2. The normalized spacial score (nSPS) is 16.5. The Labute approximate surface area is 197 Å². The lowest BCUT2D eigenvalue weighted by molar-refractivity contribution is 0.0872. The minimum absolute atomic E-state index is 0.0975.